The lowest BCUT2D eigenvalue weighted by Gasteiger charge is -2.32. The smallest absolute Gasteiger partial charge is 0.258 e. The van der Waals surface area contributed by atoms with E-state index in [9.17, 15) is 49.6 Å². The molecule has 0 saturated heterocycles. The van der Waals surface area contributed by atoms with Crippen molar-refractivity contribution in [3.8, 4) is 0 Å². The van der Waals surface area contributed by atoms with Crippen LogP contribution in [0.25, 0.3) is 6.08 Å². The number of nitrogens with zero attached hydrogens (tertiary/aromatic N) is 1. The zero-order chi connectivity index (χ0) is 19.0. The number of halogens is 9. The van der Waals surface area contributed by atoms with Crippen molar-refractivity contribution in [3.63, 3.8) is 0 Å². The number of nitro groups is 1. The first-order valence-electron chi connectivity index (χ1n) is 5.77. The minimum absolute atomic E-state index is 0.0768. The number of nitro benzene ring substituents is 1. The van der Waals surface area contributed by atoms with E-state index in [1.165, 1.54) is 0 Å². The number of hydrogen-bond donors (Lipinski definition) is 0. The Hall–Kier alpha value is -2.27. The molecule has 0 atom stereocenters. The molecular weight excluding hydrogens is 361 g/mol. The number of alkyl halides is 9. The Bertz CT molecular complexity index is 652. The maximum Gasteiger partial charge on any atom is 0.460 e. The Labute approximate surface area is 127 Å². The Kier molecular flexibility index (Phi) is 4.93. The minimum Gasteiger partial charge on any atom is -0.258 e. The molecule has 0 N–H and O–H groups in total. The summed E-state index contributed by atoms with van der Waals surface area (Å²) in [6, 6.07) is 3.44. The first-order chi connectivity index (χ1) is 10.6. The van der Waals surface area contributed by atoms with Crippen LogP contribution < -0.4 is 0 Å². The van der Waals surface area contributed by atoms with Gasteiger partial charge >= 0.3 is 23.9 Å². The van der Waals surface area contributed by atoms with E-state index in [1.54, 1.807) is 0 Å². The third-order valence-corrected chi connectivity index (χ3v) is 2.74. The first-order valence-corrected chi connectivity index (χ1v) is 5.77. The SMILES string of the molecule is O=[N+]([O-])c1cccc(C=CC(F)(F)C(F)(F)C(F)(F)C(F)(F)F)c1. The molecule has 24 heavy (non-hydrogen) atoms. The van der Waals surface area contributed by atoms with Crippen molar-refractivity contribution in [2.45, 2.75) is 23.9 Å². The second-order valence-corrected chi connectivity index (χ2v) is 4.45. The molecule has 0 aliphatic carbocycles. The Morgan fingerprint density at radius 1 is 0.917 bits per heavy atom. The number of benzene rings is 1. The zero-order valence-electron chi connectivity index (χ0n) is 11.1. The van der Waals surface area contributed by atoms with E-state index in [2.05, 4.69) is 0 Å². The van der Waals surface area contributed by atoms with Crippen LogP contribution in [0.15, 0.2) is 30.3 Å². The average molecular weight is 367 g/mol. The van der Waals surface area contributed by atoms with Gasteiger partial charge in [0, 0.05) is 12.1 Å². The lowest BCUT2D eigenvalue weighted by molar-refractivity contribution is -0.388. The second kappa shape index (κ2) is 5.98. The molecule has 0 unspecified atom stereocenters. The maximum absolute atomic E-state index is 13.2. The van der Waals surface area contributed by atoms with E-state index in [-0.39, 0.29) is 6.08 Å². The van der Waals surface area contributed by atoms with E-state index in [1.807, 2.05) is 0 Å². The molecule has 0 saturated carbocycles. The predicted molar refractivity (Wildman–Crippen MR) is 63.0 cm³/mol. The Morgan fingerprint density at radius 3 is 1.92 bits per heavy atom. The normalized spacial score (nSPS) is 14.2. The fourth-order valence-electron chi connectivity index (χ4n) is 1.43. The third-order valence-electron chi connectivity index (χ3n) is 2.74. The number of non-ortho nitro benzene ring substituents is 1. The maximum atomic E-state index is 13.2. The van der Waals surface area contributed by atoms with Crippen molar-refractivity contribution in [3.05, 3.63) is 46.0 Å². The molecule has 134 valence electrons. The lowest BCUT2D eigenvalue weighted by Crippen LogP contribution is -2.60. The van der Waals surface area contributed by atoms with Gasteiger partial charge in [0.1, 0.15) is 0 Å². The summed E-state index contributed by atoms with van der Waals surface area (Å²) in [7, 11) is 0. The minimum atomic E-state index is -6.99. The first kappa shape index (κ1) is 19.8. The van der Waals surface area contributed by atoms with E-state index < -0.39 is 46.2 Å². The summed E-state index contributed by atoms with van der Waals surface area (Å²) < 4.78 is 113. The summed E-state index contributed by atoms with van der Waals surface area (Å²) in [4.78, 5) is 9.49. The lowest BCUT2D eigenvalue weighted by atomic mass is 10.0. The van der Waals surface area contributed by atoms with Crippen molar-refractivity contribution in [2.24, 2.45) is 0 Å². The van der Waals surface area contributed by atoms with Crippen molar-refractivity contribution in [2.75, 3.05) is 0 Å². The predicted octanol–water partition coefficient (Wildman–Crippen LogP) is 5.08. The number of allylic oxidation sites excluding steroid dienone is 1. The summed E-state index contributed by atoms with van der Waals surface area (Å²) in [5.74, 6) is -19.6. The van der Waals surface area contributed by atoms with Crippen molar-refractivity contribution < 1.29 is 44.4 Å². The van der Waals surface area contributed by atoms with Crippen molar-refractivity contribution >= 4 is 11.8 Å². The second-order valence-electron chi connectivity index (χ2n) is 4.45. The molecule has 1 rings (SSSR count). The summed E-state index contributed by atoms with van der Waals surface area (Å²) in [5, 5.41) is 10.4. The van der Waals surface area contributed by atoms with Crippen LogP contribution in [0.1, 0.15) is 5.56 Å². The van der Waals surface area contributed by atoms with Gasteiger partial charge in [0.2, 0.25) is 0 Å². The highest BCUT2D eigenvalue weighted by Gasteiger charge is 2.81. The average Bonchev–Trinajstić information content (AvgIpc) is 2.44. The highest BCUT2D eigenvalue weighted by molar-refractivity contribution is 5.54. The monoisotopic (exact) mass is 367 g/mol. The summed E-state index contributed by atoms with van der Waals surface area (Å²) in [6.45, 7) is 0. The molecule has 0 radical (unpaired) electrons. The van der Waals surface area contributed by atoms with Gasteiger partial charge in [0.25, 0.3) is 5.69 Å². The van der Waals surface area contributed by atoms with Crippen molar-refractivity contribution in [1.29, 1.82) is 0 Å². The van der Waals surface area contributed by atoms with E-state index in [0.29, 0.717) is 6.07 Å². The van der Waals surface area contributed by atoms with Gasteiger partial charge in [-0.1, -0.05) is 18.2 Å². The van der Waals surface area contributed by atoms with Crippen LogP contribution in [-0.2, 0) is 0 Å². The molecule has 0 aliphatic rings. The molecule has 1 aromatic rings. The molecule has 0 heterocycles. The standard InChI is InChI=1S/C12H6F9NO2/c13-9(14,10(15,16)11(17,18)12(19,20)21)5-4-7-2-1-3-8(6-7)22(23)24/h1-6H. The van der Waals surface area contributed by atoms with Crippen LogP contribution in [0, 0.1) is 10.1 Å². The summed E-state index contributed by atoms with van der Waals surface area (Å²) in [5.41, 5.74) is -1.11. The molecule has 0 fully saturated rings. The van der Waals surface area contributed by atoms with Crippen LogP contribution in [0.5, 0.6) is 0 Å². The van der Waals surface area contributed by atoms with Gasteiger partial charge in [-0.15, -0.1) is 0 Å². The number of hydrogen-bond acceptors (Lipinski definition) is 2. The highest BCUT2D eigenvalue weighted by atomic mass is 19.4. The molecule has 0 spiro atoms. The van der Waals surface area contributed by atoms with Gasteiger partial charge in [-0.05, 0) is 11.6 Å². The Morgan fingerprint density at radius 2 is 1.46 bits per heavy atom. The van der Waals surface area contributed by atoms with Crippen LogP contribution in [0.2, 0.25) is 0 Å². The zero-order valence-corrected chi connectivity index (χ0v) is 11.1. The van der Waals surface area contributed by atoms with E-state index >= 15 is 0 Å². The topological polar surface area (TPSA) is 43.1 Å². The van der Waals surface area contributed by atoms with Gasteiger partial charge in [0.05, 0.1) is 4.92 Å². The molecule has 3 nitrogen and oxygen atoms in total. The van der Waals surface area contributed by atoms with E-state index in [0.717, 1.165) is 18.2 Å². The molecule has 1 aromatic carbocycles. The molecule has 0 bridgehead atoms. The number of rotatable bonds is 5. The van der Waals surface area contributed by atoms with Gasteiger partial charge in [-0.25, -0.2) is 0 Å². The van der Waals surface area contributed by atoms with E-state index in [4.69, 9.17) is 0 Å². The highest BCUT2D eigenvalue weighted by Crippen LogP contribution is 2.53. The summed E-state index contributed by atoms with van der Waals surface area (Å²) >= 11 is 0. The van der Waals surface area contributed by atoms with Gasteiger partial charge in [-0.2, -0.15) is 39.5 Å². The molecule has 0 aliphatic heterocycles. The molecule has 0 aromatic heterocycles. The molecular formula is C12H6F9NO2. The van der Waals surface area contributed by atoms with Crippen LogP contribution in [0.4, 0.5) is 45.2 Å². The fraction of sp³-hybridized carbons (Fsp3) is 0.333. The fourth-order valence-corrected chi connectivity index (χ4v) is 1.43. The quantitative estimate of drug-likeness (QED) is 0.414. The van der Waals surface area contributed by atoms with Gasteiger partial charge < -0.3 is 0 Å². The third kappa shape index (κ3) is 3.46. The largest absolute Gasteiger partial charge is 0.460 e. The van der Waals surface area contributed by atoms with Crippen molar-refractivity contribution in [1.82, 2.24) is 0 Å². The van der Waals surface area contributed by atoms with Crippen LogP contribution in [0.3, 0.4) is 0 Å². The molecule has 12 heteroatoms. The Balaban J connectivity index is 3.21. The van der Waals surface area contributed by atoms with Gasteiger partial charge in [0.15, 0.2) is 0 Å². The van der Waals surface area contributed by atoms with Crippen LogP contribution in [-0.4, -0.2) is 28.9 Å². The summed E-state index contributed by atoms with van der Waals surface area (Å²) in [6.07, 6.45) is -7.70. The van der Waals surface area contributed by atoms with Gasteiger partial charge in [-0.3, -0.25) is 10.1 Å². The van der Waals surface area contributed by atoms with Crippen LogP contribution >= 0.6 is 0 Å². The molecule has 0 amide bonds.